The summed E-state index contributed by atoms with van der Waals surface area (Å²) in [4.78, 5) is 9.54. The van der Waals surface area contributed by atoms with E-state index in [4.69, 9.17) is 0 Å². The highest BCUT2D eigenvalue weighted by molar-refractivity contribution is 7.89. The molecule has 0 aliphatic heterocycles. The Morgan fingerprint density at radius 2 is 2.15 bits per heavy atom. The first-order chi connectivity index (χ1) is 9.26. The van der Waals surface area contributed by atoms with E-state index in [1.165, 1.54) is 6.92 Å². The lowest BCUT2D eigenvalue weighted by molar-refractivity contribution is -0.387. The molecule has 1 fully saturated rings. The summed E-state index contributed by atoms with van der Waals surface area (Å²) in [6.45, 7) is 3.26. The summed E-state index contributed by atoms with van der Waals surface area (Å²) in [5.74, 6) is -0.701. The molecule has 8 heteroatoms. The highest BCUT2D eigenvalue weighted by Crippen LogP contribution is 2.35. The molecule has 1 aromatic carbocycles. The maximum absolute atomic E-state index is 13.6. The number of nitrogens with zero attached hydrogens (tertiary/aromatic N) is 1. The minimum absolute atomic E-state index is 0.0672. The van der Waals surface area contributed by atoms with Gasteiger partial charge in [0, 0.05) is 12.1 Å². The highest BCUT2D eigenvalue weighted by atomic mass is 32.2. The van der Waals surface area contributed by atoms with E-state index in [9.17, 15) is 22.9 Å². The van der Waals surface area contributed by atoms with Crippen molar-refractivity contribution in [2.45, 2.75) is 37.6 Å². The molecule has 0 bridgehead atoms. The summed E-state index contributed by atoms with van der Waals surface area (Å²) in [7, 11) is -3.86. The molecular weight excluding hydrogens is 287 g/mol. The number of nitrogens with one attached hydrogen (secondary N) is 1. The second-order valence-corrected chi connectivity index (χ2v) is 6.68. The zero-order valence-corrected chi connectivity index (χ0v) is 11.9. The third-order valence-electron chi connectivity index (χ3n) is 3.47. The maximum Gasteiger partial charge on any atom is 0.306 e. The van der Waals surface area contributed by atoms with Gasteiger partial charge in [-0.2, -0.15) is 4.39 Å². The second kappa shape index (κ2) is 5.10. The van der Waals surface area contributed by atoms with Gasteiger partial charge in [0.15, 0.2) is 0 Å². The number of nitro groups is 1. The molecule has 0 amide bonds. The lowest BCUT2D eigenvalue weighted by Crippen LogP contribution is -2.27. The first kappa shape index (κ1) is 14.9. The number of nitro benzene ring substituents is 1. The topological polar surface area (TPSA) is 89.3 Å². The van der Waals surface area contributed by atoms with Gasteiger partial charge in [0.25, 0.3) is 0 Å². The van der Waals surface area contributed by atoms with Gasteiger partial charge in [-0.1, -0.05) is 13.3 Å². The van der Waals surface area contributed by atoms with Crippen molar-refractivity contribution in [2.24, 2.45) is 5.92 Å². The Morgan fingerprint density at radius 1 is 1.50 bits per heavy atom. The normalized spacial score (nSPS) is 21.8. The number of hydrogen-bond donors (Lipinski definition) is 1. The van der Waals surface area contributed by atoms with E-state index >= 15 is 0 Å². The fraction of sp³-hybridized carbons (Fsp3) is 0.500. The lowest BCUT2D eigenvalue weighted by Gasteiger charge is -2.08. The van der Waals surface area contributed by atoms with Gasteiger partial charge < -0.3 is 0 Å². The van der Waals surface area contributed by atoms with Crippen molar-refractivity contribution in [1.29, 1.82) is 0 Å². The van der Waals surface area contributed by atoms with Crippen LogP contribution in [0.2, 0.25) is 0 Å². The van der Waals surface area contributed by atoms with Crippen LogP contribution in [-0.4, -0.2) is 19.4 Å². The first-order valence-corrected chi connectivity index (χ1v) is 7.71. The van der Waals surface area contributed by atoms with Gasteiger partial charge >= 0.3 is 5.69 Å². The number of aryl methyl sites for hydroxylation is 1. The third-order valence-corrected chi connectivity index (χ3v) is 4.94. The van der Waals surface area contributed by atoms with Gasteiger partial charge in [-0.15, -0.1) is 0 Å². The van der Waals surface area contributed by atoms with Gasteiger partial charge in [0.05, 0.1) is 9.82 Å². The standard InChI is InChI=1S/C12H15FN2O4S/c1-3-8-5-10(8)14-20(18,19)9-4-7(2)12(13)11(6-9)15(16)17/h4,6,8,10,14H,3,5H2,1-2H3. The molecule has 2 atom stereocenters. The molecular formula is C12H15FN2O4S. The summed E-state index contributed by atoms with van der Waals surface area (Å²) in [6.07, 6.45) is 1.63. The van der Waals surface area contributed by atoms with Crippen molar-refractivity contribution in [1.82, 2.24) is 4.72 Å². The Kier molecular flexibility index (Phi) is 3.79. The first-order valence-electron chi connectivity index (χ1n) is 6.23. The molecule has 20 heavy (non-hydrogen) atoms. The minimum Gasteiger partial charge on any atom is -0.258 e. The molecule has 0 saturated heterocycles. The van der Waals surface area contributed by atoms with Crippen LogP contribution >= 0.6 is 0 Å². The molecule has 1 N–H and O–H groups in total. The molecule has 0 aromatic heterocycles. The van der Waals surface area contributed by atoms with E-state index in [1.54, 1.807) is 0 Å². The molecule has 2 rings (SSSR count). The van der Waals surface area contributed by atoms with E-state index in [-0.39, 0.29) is 16.5 Å². The Labute approximate surface area is 116 Å². The second-order valence-electron chi connectivity index (χ2n) is 4.96. The van der Waals surface area contributed by atoms with Crippen LogP contribution in [-0.2, 0) is 10.0 Å². The molecule has 2 unspecified atom stereocenters. The van der Waals surface area contributed by atoms with Crippen LogP contribution in [0, 0.1) is 28.8 Å². The van der Waals surface area contributed by atoms with Gasteiger partial charge in [-0.3, -0.25) is 10.1 Å². The SMILES string of the molecule is CCC1CC1NS(=O)(=O)c1cc(C)c(F)c([N+](=O)[O-])c1. The number of rotatable bonds is 5. The molecule has 1 aromatic rings. The summed E-state index contributed by atoms with van der Waals surface area (Å²) in [5.41, 5.74) is -0.893. The largest absolute Gasteiger partial charge is 0.306 e. The van der Waals surface area contributed by atoms with Crippen LogP contribution in [0.25, 0.3) is 0 Å². The zero-order chi connectivity index (χ0) is 15.1. The summed E-state index contributed by atoms with van der Waals surface area (Å²) in [6, 6.07) is 1.73. The quantitative estimate of drug-likeness (QED) is 0.666. The Bertz CT molecular complexity index is 660. The molecule has 0 spiro atoms. The van der Waals surface area contributed by atoms with Crippen molar-refractivity contribution in [3.8, 4) is 0 Å². The van der Waals surface area contributed by atoms with Gasteiger partial charge in [0.2, 0.25) is 15.8 Å². The van der Waals surface area contributed by atoms with Crippen LogP contribution in [0.15, 0.2) is 17.0 Å². The van der Waals surface area contributed by atoms with Crippen molar-refractivity contribution in [2.75, 3.05) is 0 Å². The smallest absolute Gasteiger partial charge is 0.258 e. The fourth-order valence-corrected chi connectivity index (χ4v) is 3.54. The van der Waals surface area contributed by atoms with Gasteiger partial charge in [-0.05, 0) is 30.9 Å². The molecule has 1 aliphatic carbocycles. The van der Waals surface area contributed by atoms with Gasteiger partial charge in [-0.25, -0.2) is 13.1 Å². The Morgan fingerprint density at radius 3 is 2.65 bits per heavy atom. The molecule has 0 radical (unpaired) electrons. The van der Waals surface area contributed by atoms with E-state index in [0.717, 1.165) is 25.0 Å². The Hall–Kier alpha value is -1.54. The van der Waals surface area contributed by atoms with Crippen LogP contribution < -0.4 is 4.72 Å². The summed E-state index contributed by atoms with van der Waals surface area (Å²) in [5, 5.41) is 10.7. The van der Waals surface area contributed by atoms with Crippen molar-refractivity contribution < 1.29 is 17.7 Å². The van der Waals surface area contributed by atoms with Gasteiger partial charge in [0.1, 0.15) is 0 Å². The number of benzene rings is 1. The fourth-order valence-electron chi connectivity index (χ4n) is 2.12. The van der Waals surface area contributed by atoms with E-state index in [1.807, 2.05) is 6.92 Å². The summed E-state index contributed by atoms with van der Waals surface area (Å²) < 4.78 is 40.3. The monoisotopic (exact) mass is 302 g/mol. The van der Waals surface area contributed by atoms with E-state index < -0.39 is 26.5 Å². The predicted molar refractivity (Wildman–Crippen MR) is 70.3 cm³/mol. The maximum atomic E-state index is 13.6. The van der Waals surface area contributed by atoms with Crippen molar-refractivity contribution in [3.05, 3.63) is 33.6 Å². The molecule has 110 valence electrons. The highest BCUT2D eigenvalue weighted by Gasteiger charge is 2.39. The number of halogens is 1. The molecule has 6 nitrogen and oxygen atoms in total. The number of hydrogen-bond acceptors (Lipinski definition) is 4. The van der Waals surface area contributed by atoms with Crippen molar-refractivity contribution in [3.63, 3.8) is 0 Å². The van der Waals surface area contributed by atoms with Crippen LogP contribution in [0.3, 0.4) is 0 Å². The van der Waals surface area contributed by atoms with Crippen LogP contribution in [0.1, 0.15) is 25.3 Å². The molecule has 0 heterocycles. The third kappa shape index (κ3) is 2.80. The molecule has 1 aliphatic rings. The van der Waals surface area contributed by atoms with E-state index in [0.29, 0.717) is 5.92 Å². The Balaban J connectivity index is 2.35. The number of sulfonamides is 1. The lowest BCUT2D eigenvalue weighted by atomic mass is 10.2. The minimum atomic E-state index is -3.86. The zero-order valence-electron chi connectivity index (χ0n) is 11.1. The molecule has 1 saturated carbocycles. The summed E-state index contributed by atoms with van der Waals surface area (Å²) >= 11 is 0. The average Bonchev–Trinajstić information content (AvgIpc) is 3.09. The van der Waals surface area contributed by atoms with Crippen LogP contribution in [0.5, 0.6) is 0 Å². The predicted octanol–water partition coefficient (Wildman–Crippen LogP) is 2.12. The van der Waals surface area contributed by atoms with Crippen LogP contribution in [0.4, 0.5) is 10.1 Å². The average molecular weight is 302 g/mol. The van der Waals surface area contributed by atoms with Crippen molar-refractivity contribution >= 4 is 15.7 Å². The van der Waals surface area contributed by atoms with E-state index in [2.05, 4.69) is 4.72 Å².